The molecule has 0 fully saturated rings. The highest BCUT2D eigenvalue weighted by Crippen LogP contribution is 2.46. The molecule has 23 nitrogen and oxygen atoms in total. The number of H-pyrrole nitrogens is 3. The summed E-state index contributed by atoms with van der Waals surface area (Å²) in [4.78, 5) is 63.3. The molecule has 0 saturated heterocycles. The zero-order valence-corrected chi connectivity index (χ0v) is 73.8. The van der Waals surface area contributed by atoms with Crippen LogP contribution in [0.5, 0.6) is 5.75 Å². The largest absolute Gasteiger partial charge is 0.488 e. The van der Waals surface area contributed by atoms with Crippen LogP contribution in [0.25, 0.3) is 56.2 Å². The third-order valence-corrected chi connectivity index (χ3v) is 22.8. The van der Waals surface area contributed by atoms with Crippen LogP contribution in [0.4, 0.5) is 52.7 Å². The number of alkyl halides is 12. The van der Waals surface area contributed by atoms with Crippen LogP contribution in [0.1, 0.15) is 226 Å². The van der Waals surface area contributed by atoms with Gasteiger partial charge >= 0.3 is 46.3 Å². The molecule has 16 N–H and O–H groups in total. The van der Waals surface area contributed by atoms with Gasteiger partial charge in [-0.15, -0.1) is 11.3 Å². The van der Waals surface area contributed by atoms with Crippen molar-refractivity contribution in [3.63, 3.8) is 0 Å². The van der Waals surface area contributed by atoms with E-state index in [1.165, 1.54) is 63.6 Å². The molecule has 0 amide bonds. The number of rotatable bonds is 40. The predicted octanol–water partition coefficient (Wildman–Crippen LogP) is 22.6. The Bertz CT molecular complexity index is 5190. The standard InChI is InChI=1S/C27H26F3N2O5PS.C21H28F3N3O2.C20H29F3N3O4P.C20H28F3N3O.CH4/c1-26(31,17-37-38(33,34)35-2)25-32-23(16-39-25)21-12-13-24(22(14-21)27(28,29)30)36-15-18-8-10-20(11-9-18)19-6-4-3-5-7-19;1-3-4-5-6-7-8-14-9-10-15(11-16(14)21(22,23)24)17-13-26-19(27-17)20(2,25)12-18(28)29;1-3-4-5-6-7-8-14-9-10-15(11-16(14)20(21,22)23)17-12-25-18(26-17)19(2,24)13-30-31(27,28)29;1-3-4-5-6-7-8-14-9-10-15(11-16(14)20(21,22)23)17-12-25-18(26-17)19(2,24)13-27;/h3-14,16H,15,17,31H2,1-2H3,(H,33,34);9-11,13H,3-8,12,25H2,1-2H3,(H,26,27)(H,28,29);9-12H,3-8,13,24H2,1-2H3,(H,25,26)(H2,27,28,29);9-12,27H,3-8,13,24H2,1-2H3,(H,25,26);1H4/t;20-;2*19-;/m.000./s1. The van der Waals surface area contributed by atoms with Crippen molar-refractivity contribution in [3.05, 3.63) is 218 Å². The SMILES string of the molecule is C.CCCCCCCc1ccc(-c2cnc([C@@](C)(N)CC(=O)O)[nH]2)cc1C(F)(F)F.CCCCCCCc1ccc(-c2cnc([C@@](C)(N)CO)[nH]2)cc1C(F)(F)F.CCCCCCCc1ccc(-c2cnc([C@@](C)(N)COP(=O)(O)O)[nH]2)cc1C(F)(F)F.COP(=O)(O)OCC(C)(N)c1nc(-c2ccc(OCc3ccc(-c4ccccc4)cc3)c(C(F)(F)F)c2)cs1. The van der Waals surface area contributed by atoms with Gasteiger partial charge in [0.2, 0.25) is 0 Å². The number of carbonyl (C=O) groups is 1. The van der Waals surface area contributed by atoms with Crippen molar-refractivity contribution in [2.24, 2.45) is 22.9 Å². The number of halogens is 12. The molecule has 0 radical (unpaired) electrons. The number of ether oxygens (including phenoxy) is 1. The number of unbranched alkanes of at least 4 members (excludes halogenated alkanes) is 12. The van der Waals surface area contributed by atoms with Gasteiger partial charge in [0.05, 0.1) is 112 Å². The summed E-state index contributed by atoms with van der Waals surface area (Å²) in [5.41, 5.74) is 22.4. The molecule has 0 saturated carbocycles. The number of carboxylic acid groups (broad SMARTS) is 1. The number of nitrogens with one attached hydrogen (secondary N) is 3. The number of aliphatic hydroxyl groups excluding tert-OH is 1. The van der Waals surface area contributed by atoms with E-state index in [1.54, 1.807) is 36.6 Å². The molecule has 0 aliphatic heterocycles. The Morgan fingerprint density at radius 2 is 0.835 bits per heavy atom. The van der Waals surface area contributed by atoms with Crippen LogP contribution < -0.4 is 27.7 Å². The quantitative estimate of drug-likeness (QED) is 0.00964. The van der Waals surface area contributed by atoms with Crippen molar-refractivity contribution in [1.29, 1.82) is 0 Å². The Morgan fingerprint density at radius 1 is 0.465 bits per heavy atom. The van der Waals surface area contributed by atoms with Gasteiger partial charge in [-0.2, -0.15) is 52.7 Å². The van der Waals surface area contributed by atoms with Gasteiger partial charge < -0.3 is 67.5 Å². The highest BCUT2D eigenvalue weighted by molar-refractivity contribution is 7.47. The number of nitrogens with zero attached hydrogens (tertiary/aromatic N) is 4. The number of aryl methyl sites for hydroxylation is 3. The van der Waals surface area contributed by atoms with E-state index in [1.807, 2.05) is 54.6 Å². The number of hydrogen-bond acceptors (Lipinski definition) is 17. The zero-order chi connectivity index (χ0) is 93.3. The van der Waals surface area contributed by atoms with Gasteiger partial charge in [0.25, 0.3) is 0 Å². The lowest BCUT2D eigenvalue weighted by Crippen LogP contribution is -2.39. The number of aromatic amines is 3. The van der Waals surface area contributed by atoms with Gasteiger partial charge in [0, 0.05) is 34.7 Å². The zero-order valence-electron chi connectivity index (χ0n) is 71.2. The second-order valence-corrected chi connectivity index (χ2v) is 35.4. The van der Waals surface area contributed by atoms with Crippen molar-refractivity contribution in [2.45, 2.75) is 231 Å². The first-order valence-corrected chi connectivity index (χ1v) is 44.8. The first-order valence-electron chi connectivity index (χ1n) is 40.9. The fourth-order valence-electron chi connectivity index (χ4n) is 13.1. The molecule has 698 valence electrons. The lowest BCUT2D eigenvalue weighted by atomic mass is 9.97. The average Bonchev–Trinajstić information content (AvgIpc) is 1.80. The summed E-state index contributed by atoms with van der Waals surface area (Å²) in [5.74, 6) is -0.721. The smallest absolute Gasteiger partial charge is 0.471 e. The number of benzene rings is 6. The number of aromatic nitrogens is 7. The van der Waals surface area contributed by atoms with Crippen LogP contribution in [-0.2, 0) is 100 Å². The molecule has 38 heteroatoms. The number of phosphoric acid groups is 2. The van der Waals surface area contributed by atoms with Crippen molar-refractivity contribution in [1.82, 2.24) is 34.9 Å². The van der Waals surface area contributed by atoms with E-state index in [0.717, 1.165) is 149 Å². The minimum absolute atomic E-state index is 0. The molecule has 4 aromatic heterocycles. The third-order valence-electron chi connectivity index (χ3n) is 20.3. The summed E-state index contributed by atoms with van der Waals surface area (Å²) >= 11 is 1.09. The molecule has 127 heavy (non-hydrogen) atoms. The van der Waals surface area contributed by atoms with Crippen molar-refractivity contribution in [2.75, 3.05) is 26.9 Å². The topological polar surface area (TPSA) is 392 Å². The van der Waals surface area contributed by atoms with Gasteiger partial charge in [-0.25, -0.2) is 29.1 Å². The summed E-state index contributed by atoms with van der Waals surface area (Å²) in [5, 5.41) is 20.1. The van der Waals surface area contributed by atoms with Crippen LogP contribution in [0.2, 0.25) is 0 Å². The Kier molecular flexibility index (Phi) is 39.6. The van der Waals surface area contributed by atoms with Crippen molar-refractivity contribution in [3.8, 4) is 61.9 Å². The van der Waals surface area contributed by atoms with E-state index >= 15 is 0 Å². The van der Waals surface area contributed by atoms with E-state index in [-0.39, 0.29) is 72.4 Å². The molecular weight excluding hydrogens is 1740 g/mol. The first kappa shape index (κ1) is 107. The van der Waals surface area contributed by atoms with Gasteiger partial charge in [-0.05, 0) is 136 Å². The number of hydrogen-bond donors (Lipinski definition) is 12. The summed E-state index contributed by atoms with van der Waals surface area (Å²) < 4.78 is 206. The molecule has 6 aromatic carbocycles. The van der Waals surface area contributed by atoms with Crippen molar-refractivity contribution < 1.29 is 110 Å². The second kappa shape index (κ2) is 47.0. The first-order chi connectivity index (χ1) is 58.9. The minimum Gasteiger partial charge on any atom is -0.488 e. The molecule has 5 atom stereocenters. The summed E-state index contributed by atoms with van der Waals surface area (Å²) in [7, 11) is -7.97. The number of aliphatic carboxylic acids is 1. The normalized spacial score (nSPS) is 14.4. The lowest BCUT2D eigenvalue weighted by Gasteiger charge is -2.22. The predicted molar refractivity (Wildman–Crippen MR) is 466 cm³/mol. The molecule has 0 aliphatic rings. The van der Waals surface area contributed by atoms with Crippen molar-refractivity contribution >= 4 is 33.0 Å². The maximum Gasteiger partial charge on any atom is 0.471 e. The van der Waals surface area contributed by atoms with Crippen LogP contribution in [0.15, 0.2) is 151 Å². The monoisotopic (exact) mass is 1850 g/mol. The highest BCUT2D eigenvalue weighted by Gasteiger charge is 2.40. The van der Waals surface area contributed by atoms with Crippen LogP contribution in [0, 0.1) is 0 Å². The minimum atomic E-state index is -4.73. The molecule has 2 unspecified atom stereocenters. The number of aliphatic hydroxyl groups is 1. The van der Waals surface area contributed by atoms with Gasteiger partial charge in [0.1, 0.15) is 34.8 Å². The molecule has 0 spiro atoms. The number of thiazole rings is 1. The Hall–Kier alpha value is -8.97. The number of phosphoric ester groups is 2. The van der Waals surface area contributed by atoms with E-state index in [0.29, 0.717) is 70.3 Å². The molecule has 10 rings (SSSR count). The average molecular weight is 1850 g/mol. The maximum absolute atomic E-state index is 14.0. The van der Waals surface area contributed by atoms with Gasteiger partial charge in [-0.1, -0.05) is 196 Å². The molecular formula is C89H115F12N11O12P2S. The number of carboxylic acids is 1. The Balaban J connectivity index is 0.000000263. The molecule has 4 heterocycles. The third kappa shape index (κ3) is 33.2. The highest BCUT2D eigenvalue weighted by atomic mass is 32.1. The maximum atomic E-state index is 14.0. The van der Waals surface area contributed by atoms with E-state index in [2.05, 4.69) is 64.7 Å². The second-order valence-electron chi connectivity index (χ2n) is 31.7. The van der Waals surface area contributed by atoms with Crippen LogP contribution >= 0.6 is 27.0 Å². The molecule has 0 bridgehead atoms. The molecule has 0 aliphatic carbocycles. The number of nitrogens with two attached hydrogens (primary N) is 4. The summed E-state index contributed by atoms with van der Waals surface area (Å²) in [6.07, 6.45) is 1.46. The Morgan fingerprint density at radius 3 is 1.22 bits per heavy atom. The van der Waals surface area contributed by atoms with E-state index in [4.69, 9.17) is 47.1 Å². The van der Waals surface area contributed by atoms with E-state index < -0.39 is 104 Å². The number of imidazole rings is 3. The van der Waals surface area contributed by atoms with E-state index in [9.17, 15) is 76.6 Å². The fourth-order valence-corrected chi connectivity index (χ4v) is 15.0. The fraction of sp³-hybridized carbons (Fsp3) is 0.449. The summed E-state index contributed by atoms with van der Waals surface area (Å²) in [6.45, 7) is 11.0. The summed E-state index contributed by atoms with van der Waals surface area (Å²) in [6, 6.07) is 33.7. The molecule has 10 aromatic rings. The lowest BCUT2D eigenvalue weighted by molar-refractivity contribution is -0.139. The van der Waals surface area contributed by atoms with Crippen LogP contribution in [-0.4, -0.2) is 92.7 Å². The Labute approximate surface area is 735 Å². The van der Waals surface area contributed by atoms with Gasteiger partial charge in [0.15, 0.2) is 0 Å². The van der Waals surface area contributed by atoms with Crippen LogP contribution in [0.3, 0.4) is 0 Å². The van der Waals surface area contributed by atoms with Gasteiger partial charge in [-0.3, -0.25) is 18.4 Å².